The van der Waals surface area contributed by atoms with Crippen LogP contribution in [0.5, 0.6) is 17.2 Å². The molecule has 3 aromatic rings. The maximum atomic E-state index is 13.3. The van der Waals surface area contributed by atoms with Gasteiger partial charge in [0, 0.05) is 24.9 Å². The summed E-state index contributed by atoms with van der Waals surface area (Å²) in [6.07, 6.45) is 0.657. The number of rotatable bonds is 4. The van der Waals surface area contributed by atoms with Gasteiger partial charge in [-0.2, -0.15) is 0 Å². The lowest BCUT2D eigenvalue weighted by Gasteiger charge is -2.21. The van der Waals surface area contributed by atoms with Gasteiger partial charge in [0.05, 0.1) is 31.0 Å². The normalized spacial score (nSPS) is 19.0. The van der Waals surface area contributed by atoms with E-state index in [-0.39, 0.29) is 54.1 Å². The van der Waals surface area contributed by atoms with Crippen LogP contribution < -0.4 is 24.8 Å². The third kappa shape index (κ3) is 6.82. The van der Waals surface area contributed by atoms with Gasteiger partial charge in [0.25, 0.3) is 11.8 Å². The summed E-state index contributed by atoms with van der Waals surface area (Å²) in [6.45, 7) is 0.479. The second-order valence-electron chi connectivity index (χ2n) is 10.2. The van der Waals surface area contributed by atoms with E-state index in [4.69, 9.17) is 14.2 Å². The molecule has 6 rings (SSSR count). The number of carbonyl (C=O) groups excluding carboxylic acids is 3. The third-order valence-electron chi connectivity index (χ3n) is 7.13. The Bertz CT molecular complexity index is 1590. The molecule has 0 radical (unpaired) electrons. The van der Waals surface area contributed by atoms with E-state index in [2.05, 4.69) is 10.6 Å². The lowest BCUT2D eigenvalue weighted by molar-refractivity contribution is -0.129. The minimum atomic E-state index is -3.34. The van der Waals surface area contributed by atoms with Crippen LogP contribution in [0.3, 0.4) is 0 Å². The molecular weight excluding hydrogens is 562 g/mol. The number of likely N-dealkylation sites (tertiary alicyclic amines) is 1. The summed E-state index contributed by atoms with van der Waals surface area (Å²) in [7, 11) is -1.88. The van der Waals surface area contributed by atoms with E-state index in [1.54, 1.807) is 41.3 Å². The van der Waals surface area contributed by atoms with Crippen LogP contribution >= 0.6 is 0 Å². The van der Waals surface area contributed by atoms with Gasteiger partial charge in [-0.15, -0.1) is 0 Å². The fraction of sp³-hybridized carbons (Fsp3) is 0.300. The highest BCUT2D eigenvalue weighted by atomic mass is 32.2. The molecule has 0 unspecified atom stereocenters. The van der Waals surface area contributed by atoms with Crippen molar-refractivity contribution in [2.24, 2.45) is 0 Å². The molecule has 4 bridgehead atoms. The highest BCUT2D eigenvalue weighted by Gasteiger charge is 2.38. The number of ether oxygens (including phenoxy) is 3. The fourth-order valence-electron chi connectivity index (χ4n) is 4.81. The second-order valence-corrected chi connectivity index (χ2v) is 12.2. The molecule has 0 spiro atoms. The molecule has 2 atom stereocenters. The predicted molar refractivity (Wildman–Crippen MR) is 152 cm³/mol. The van der Waals surface area contributed by atoms with Crippen molar-refractivity contribution in [3.05, 3.63) is 83.4 Å². The number of hydrogen-bond donors (Lipinski definition) is 2. The van der Waals surface area contributed by atoms with E-state index in [0.29, 0.717) is 23.6 Å². The first-order valence-electron chi connectivity index (χ1n) is 13.3. The summed E-state index contributed by atoms with van der Waals surface area (Å²) in [6, 6.07) is 17.6. The summed E-state index contributed by atoms with van der Waals surface area (Å²) < 4.78 is 40.8. The van der Waals surface area contributed by atoms with E-state index >= 15 is 0 Å². The Balaban J connectivity index is 1.38. The molecule has 0 aromatic heterocycles. The summed E-state index contributed by atoms with van der Waals surface area (Å²) in [4.78, 5) is 40.8. The van der Waals surface area contributed by atoms with E-state index in [1.165, 1.54) is 25.3 Å². The fourth-order valence-corrected chi connectivity index (χ4v) is 5.45. The third-order valence-corrected chi connectivity index (χ3v) is 8.26. The molecule has 2 N–H and O–H groups in total. The number of methoxy groups -OCH3 is 1. The standard InChI is InChI=1S/C30H31N3O8S/c1-39-25-12-7-21-14-26(25)40-18-28(34)31-15-20-3-8-22(9-4-20)41-27-17-33(16-24(27)32-30(21)36)29(35)13-19-5-10-23(11-6-19)42(2,37)38/h3-12,14,24,27H,13,15-18H2,1-2H3,(H,31,34)(H,32,36)/t24-,27-/m0/s1. The van der Waals surface area contributed by atoms with Gasteiger partial charge in [0.2, 0.25) is 5.91 Å². The molecule has 3 aliphatic rings. The van der Waals surface area contributed by atoms with Crippen LogP contribution in [0.1, 0.15) is 21.5 Å². The summed E-state index contributed by atoms with van der Waals surface area (Å²) >= 11 is 0. The van der Waals surface area contributed by atoms with Crippen molar-refractivity contribution in [1.29, 1.82) is 0 Å². The van der Waals surface area contributed by atoms with Crippen LogP contribution in [-0.2, 0) is 32.4 Å². The van der Waals surface area contributed by atoms with Crippen LogP contribution in [0, 0.1) is 0 Å². The molecule has 42 heavy (non-hydrogen) atoms. The van der Waals surface area contributed by atoms with Crippen LogP contribution in [0.15, 0.2) is 71.6 Å². The molecule has 0 aliphatic carbocycles. The zero-order chi connectivity index (χ0) is 29.9. The van der Waals surface area contributed by atoms with Gasteiger partial charge in [-0.25, -0.2) is 8.42 Å². The number of fused-ring (bicyclic) bond motifs is 7. The number of nitrogens with one attached hydrogen (secondary N) is 2. The van der Waals surface area contributed by atoms with Crippen LogP contribution in [-0.4, -0.2) is 76.2 Å². The molecule has 1 saturated heterocycles. The van der Waals surface area contributed by atoms with Crippen molar-refractivity contribution in [2.75, 3.05) is 33.1 Å². The monoisotopic (exact) mass is 593 g/mol. The van der Waals surface area contributed by atoms with Crippen molar-refractivity contribution >= 4 is 27.6 Å². The van der Waals surface area contributed by atoms with E-state index in [0.717, 1.165) is 11.8 Å². The van der Waals surface area contributed by atoms with Gasteiger partial charge in [0.15, 0.2) is 27.9 Å². The van der Waals surface area contributed by atoms with E-state index < -0.39 is 27.9 Å². The Kier molecular flexibility index (Phi) is 8.34. The number of hydrogen-bond acceptors (Lipinski definition) is 8. The average Bonchev–Trinajstić information content (AvgIpc) is 3.36. The minimum Gasteiger partial charge on any atom is -0.493 e. The maximum absolute atomic E-state index is 13.3. The minimum absolute atomic E-state index is 0.0665. The highest BCUT2D eigenvalue weighted by Crippen LogP contribution is 2.29. The Hall–Kier alpha value is -4.58. The first kappa shape index (κ1) is 28.9. The number of benzene rings is 3. The van der Waals surface area contributed by atoms with Crippen molar-refractivity contribution < 1.29 is 37.0 Å². The van der Waals surface area contributed by atoms with Crippen LogP contribution in [0.25, 0.3) is 0 Å². The Morgan fingerprint density at radius 2 is 1.76 bits per heavy atom. The number of sulfone groups is 1. The summed E-state index contributed by atoms with van der Waals surface area (Å²) in [5.74, 6) is 0.251. The molecule has 3 aliphatic heterocycles. The molecule has 0 saturated carbocycles. The largest absolute Gasteiger partial charge is 0.493 e. The number of carbonyl (C=O) groups is 3. The zero-order valence-corrected chi connectivity index (χ0v) is 24.0. The quantitative estimate of drug-likeness (QED) is 0.466. The molecule has 12 heteroatoms. The van der Waals surface area contributed by atoms with Gasteiger partial charge in [-0.1, -0.05) is 24.3 Å². The molecule has 3 amide bonds. The maximum Gasteiger partial charge on any atom is 0.258 e. The highest BCUT2D eigenvalue weighted by molar-refractivity contribution is 7.90. The van der Waals surface area contributed by atoms with Gasteiger partial charge in [-0.3, -0.25) is 14.4 Å². The Labute approximate surface area is 243 Å². The van der Waals surface area contributed by atoms with Crippen LogP contribution in [0.4, 0.5) is 0 Å². The van der Waals surface area contributed by atoms with Crippen molar-refractivity contribution in [3.63, 3.8) is 0 Å². The lowest BCUT2D eigenvalue weighted by Crippen LogP contribution is -2.45. The van der Waals surface area contributed by atoms with E-state index in [9.17, 15) is 22.8 Å². The van der Waals surface area contributed by atoms with Gasteiger partial charge < -0.3 is 29.7 Å². The average molecular weight is 594 g/mol. The molecule has 3 aromatic carbocycles. The molecular formula is C30H31N3O8S. The molecule has 220 valence electrons. The van der Waals surface area contributed by atoms with Crippen molar-refractivity contribution in [2.45, 2.75) is 30.0 Å². The Morgan fingerprint density at radius 1 is 1.02 bits per heavy atom. The summed E-state index contributed by atoms with van der Waals surface area (Å²) in [5.41, 5.74) is 1.82. The first-order chi connectivity index (χ1) is 20.1. The van der Waals surface area contributed by atoms with E-state index in [1.807, 2.05) is 12.1 Å². The topological polar surface area (TPSA) is 140 Å². The molecule has 11 nitrogen and oxygen atoms in total. The summed E-state index contributed by atoms with van der Waals surface area (Å²) in [5, 5.41) is 5.79. The van der Waals surface area contributed by atoms with Gasteiger partial charge >= 0.3 is 0 Å². The zero-order valence-electron chi connectivity index (χ0n) is 23.2. The second kappa shape index (κ2) is 12.1. The smallest absolute Gasteiger partial charge is 0.258 e. The SMILES string of the molecule is COc1ccc2cc1OCC(=O)NCc1ccc(cc1)O[C@H]1CN(C(=O)Cc3ccc(S(C)(=O)=O)cc3)C[C@@H]1NC2=O. The Morgan fingerprint density at radius 3 is 2.45 bits per heavy atom. The predicted octanol–water partition coefficient (Wildman–Crippen LogP) is 1.74. The lowest BCUT2D eigenvalue weighted by atomic mass is 10.1. The molecule has 3 heterocycles. The first-order valence-corrected chi connectivity index (χ1v) is 15.2. The number of amides is 3. The van der Waals surface area contributed by atoms with Gasteiger partial charge in [0.1, 0.15) is 11.9 Å². The van der Waals surface area contributed by atoms with Crippen molar-refractivity contribution in [1.82, 2.24) is 15.5 Å². The molecule has 1 fully saturated rings. The number of nitrogens with zero attached hydrogens (tertiary/aromatic N) is 1. The van der Waals surface area contributed by atoms with Crippen LogP contribution in [0.2, 0.25) is 0 Å². The van der Waals surface area contributed by atoms with Crippen molar-refractivity contribution in [3.8, 4) is 17.2 Å². The van der Waals surface area contributed by atoms with Gasteiger partial charge in [-0.05, 0) is 53.6 Å².